The van der Waals surface area contributed by atoms with Crippen molar-refractivity contribution >= 4 is 28.2 Å². The lowest BCUT2D eigenvalue weighted by atomic mass is 9.97. The molecule has 1 aliphatic heterocycles. The van der Waals surface area contributed by atoms with Crippen LogP contribution in [0.3, 0.4) is 0 Å². The Morgan fingerprint density at radius 1 is 1.29 bits per heavy atom. The number of hydrogen-bond acceptors (Lipinski definition) is 10. The fourth-order valence-corrected chi connectivity index (χ4v) is 4.54. The highest BCUT2D eigenvalue weighted by Crippen LogP contribution is 2.31. The quantitative estimate of drug-likeness (QED) is 0.613. The maximum Gasteiger partial charge on any atom is 0.263 e. The second-order valence-corrected chi connectivity index (χ2v) is 9.24. The summed E-state index contributed by atoms with van der Waals surface area (Å²) in [6.45, 7) is 9.20. The first kappa shape index (κ1) is 21.3. The predicted molar refractivity (Wildman–Crippen MR) is 117 cm³/mol. The fourth-order valence-electron chi connectivity index (χ4n) is 3.58. The van der Waals surface area contributed by atoms with Gasteiger partial charge in [-0.05, 0) is 32.6 Å². The molecule has 1 saturated heterocycles. The molecule has 3 aromatic heterocycles. The Morgan fingerprint density at radius 2 is 2.13 bits per heavy atom. The average Bonchev–Trinajstić information content (AvgIpc) is 3.36. The molecule has 1 unspecified atom stereocenters. The van der Waals surface area contributed by atoms with Crippen LogP contribution in [0.1, 0.15) is 43.3 Å². The van der Waals surface area contributed by atoms with Gasteiger partial charge in [-0.25, -0.2) is 9.97 Å². The van der Waals surface area contributed by atoms with Gasteiger partial charge in [-0.2, -0.15) is 4.98 Å². The molecule has 4 rings (SSSR count). The van der Waals surface area contributed by atoms with E-state index in [1.165, 1.54) is 11.3 Å². The van der Waals surface area contributed by atoms with Gasteiger partial charge in [0.1, 0.15) is 22.2 Å². The minimum atomic E-state index is -0.182. The summed E-state index contributed by atoms with van der Waals surface area (Å²) >= 11 is 1.44. The highest BCUT2D eigenvalue weighted by Gasteiger charge is 2.29. The van der Waals surface area contributed by atoms with Gasteiger partial charge in [-0.1, -0.05) is 30.3 Å². The van der Waals surface area contributed by atoms with Gasteiger partial charge in [-0.3, -0.25) is 4.79 Å². The summed E-state index contributed by atoms with van der Waals surface area (Å²) in [6.07, 6.45) is 4.23. The summed E-state index contributed by atoms with van der Waals surface area (Å²) in [5, 5.41) is 16.6. The number of aromatic nitrogens is 6. The van der Waals surface area contributed by atoms with Crippen molar-refractivity contribution in [2.45, 2.75) is 47.0 Å². The van der Waals surface area contributed by atoms with Crippen molar-refractivity contribution in [2.75, 3.05) is 23.3 Å². The van der Waals surface area contributed by atoms with Gasteiger partial charge in [0.25, 0.3) is 5.89 Å². The van der Waals surface area contributed by atoms with Crippen molar-refractivity contribution in [1.82, 2.24) is 30.3 Å². The molecule has 1 atom stereocenters. The average molecular weight is 443 g/mol. The highest BCUT2D eigenvalue weighted by molar-refractivity contribution is 7.15. The largest absolute Gasteiger partial charge is 0.355 e. The van der Waals surface area contributed by atoms with Crippen LogP contribution in [0.4, 0.5) is 10.9 Å². The van der Waals surface area contributed by atoms with Gasteiger partial charge in [0.05, 0.1) is 5.92 Å². The lowest BCUT2D eigenvalue weighted by Gasteiger charge is -2.33. The number of rotatable bonds is 6. The molecular formula is C20H26N8O2S. The molecule has 1 amide bonds. The molecule has 0 spiro atoms. The van der Waals surface area contributed by atoms with Crippen LogP contribution in [0.15, 0.2) is 10.7 Å². The highest BCUT2D eigenvalue weighted by atomic mass is 32.1. The van der Waals surface area contributed by atoms with Crippen molar-refractivity contribution in [2.24, 2.45) is 11.8 Å². The zero-order valence-corrected chi connectivity index (χ0v) is 18.9. The molecule has 1 aliphatic rings. The molecule has 31 heavy (non-hydrogen) atoms. The van der Waals surface area contributed by atoms with Crippen LogP contribution in [-0.4, -0.2) is 49.3 Å². The van der Waals surface area contributed by atoms with E-state index in [1.807, 2.05) is 6.92 Å². The third-order valence-corrected chi connectivity index (χ3v) is 5.88. The Bertz CT molecular complexity index is 1060. The van der Waals surface area contributed by atoms with E-state index in [1.54, 1.807) is 13.1 Å². The third kappa shape index (κ3) is 5.04. The van der Waals surface area contributed by atoms with Crippen molar-refractivity contribution in [3.05, 3.63) is 22.9 Å². The smallest absolute Gasteiger partial charge is 0.263 e. The van der Waals surface area contributed by atoms with Crippen molar-refractivity contribution in [3.8, 4) is 11.5 Å². The molecular weight excluding hydrogens is 416 g/mol. The van der Waals surface area contributed by atoms with Crippen molar-refractivity contribution in [1.29, 1.82) is 0 Å². The van der Waals surface area contributed by atoms with Gasteiger partial charge >= 0.3 is 0 Å². The van der Waals surface area contributed by atoms with Crippen LogP contribution in [0, 0.1) is 25.7 Å². The summed E-state index contributed by atoms with van der Waals surface area (Å²) < 4.78 is 5.34. The monoisotopic (exact) mass is 442 g/mol. The molecule has 0 aliphatic carbocycles. The van der Waals surface area contributed by atoms with Crippen molar-refractivity contribution < 1.29 is 9.32 Å². The summed E-state index contributed by atoms with van der Waals surface area (Å²) in [6, 6.07) is 0. The van der Waals surface area contributed by atoms with E-state index in [0.29, 0.717) is 46.5 Å². The van der Waals surface area contributed by atoms with Gasteiger partial charge < -0.3 is 14.7 Å². The zero-order chi connectivity index (χ0) is 22.0. The molecule has 164 valence electrons. The molecule has 0 aromatic carbocycles. The van der Waals surface area contributed by atoms with E-state index in [9.17, 15) is 4.79 Å². The fraction of sp³-hybridized carbons (Fsp3) is 0.550. The number of nitrogens with zero attached hydrogens (tertiary/aromatic N) is 7. The summed E-state index contributed by atoms with van der Waals surface area (Å²) in [5.41, 5.74) is 0.676. The maximum absolute atomic E-state index is 12.9. The summed E-state index contributed by atoms with van der Waals surface area (Å²) in [7, 11) is 0. The zero-order valence-electron chi connectivity index (χ0n) is 18.1. The van der Waals surface area contributed by atoms with Crippen LogP contribution in [0.2, 0.25) is 0 Å². The first-order chi connectivity index (χ1) is 14.9. The van der Waals surface area contributed by atoms with Crippen LogP contribution < -0.4 is 10.2 Å². The minimum absolute atomic E-state index is 0.0436. The van der Waals surface area contributed by atoms with E-state index in [2.05, 4.69) is 54.4 Å². The first-order valence-corrected chi connectivity index (χ1v) is 11.2. The van der Waals surface area contributed by atoms with Gasteiger partial charge in [0.15, 0.2) is 5.82 Å². The van der Waals surface area contributed by atoms with Crippen LogP contribution >= 0.6 is 11.3 Å². The number of nitrogens with one attached hydrogen (secondary N) is 1. The Labute approximate surface area is 184 Å². The van der Waals surface area contributed by atoms with Gasteiger partial charge in [0.2, 0.25) is 11.0 Å². The molecule has 1 fully saturated rings. The molecule has 11 heteroatoms. The summed E-state index contributed by atoms with van der Waals surface area (Å²) in [5.74, 6) is 2.56. The third-order valence-electron chi connectivity index (χ3n) is 5.02. The second-order valence-electron chi connectivity index (χ2n) is 8.17. The Balaban J connectivity index is 1.49. The van der Waals surface area contributed by atoms with Crippen LogP contribution in [0.25, 0.3) is 11.5 Å². The second kappa shape index (κ2) is 9.04. The van der Waals surface area contributed by atoms with E-state index < -0.39 is 0 Å². The molecule has 0 bridgehead atoms. The van der Waals surface area contributed by atoms with E-state index >= 15 is 0 Å². The Morgan fingerprint density at radius 3 is 2.87 bits per heavy atom. The number of piperidine rings is 1. The number of carbonyl (C=O) groups is 1. The molecule has 0 radical (unpaired) electrons. The molecule has 10 nitrogen and oxygen atoms in total. The maximum atomic E-state index is 12.9. The lowest BCUT2D eigenvalue weighted by Crippen LogP contribution is -2.41. The normalized spacial score (nSPS) is 16.7. The minimum Gasteiger partial charge on any atom is -0.355 e. The standard InChI is InChI=1S/C20H26N8O2S/c1-11(2)8-16-25-26-20(31-16)24-18(29)14-6-5-7-28(10-14)17-15(9-21-12(3)22-17)19-23-13(4)27-30-19/h9,11,14H,5-8,10H2,1-4H3,(H,24,26,29). The molecule has 0 saturated carbocycles. The van der Waals surface area contributed by atoms with E-state index in [0.717, 1.165) is 30.8 Å². The van der Waals surface area contributed by atoms with Crippen LogP contribution in [-0.2, 0) is 11.2 Å². The summed E-state index contributed by atoms with van der Waals surface area (Å²) in [4.78, 5) is 28.3. The first-order valence-electron chi connectivity index (χ1n) is 10.4. The van der Waals surface area contributed by atoms with Crippen molar-refractivity contribution in [3.63, 3.8) is 0 Å². The van der Waals surface area contributed by atoms with Crippen LogP contribution in [0.5, 0.6) is 0 Å². The van der Waals surface area contributed by atoms with E-state index in [-0.39, 0.29) is 11.8 Å². The molecule has 1 N–H and O–H groups in total. The predicted octanol–water partition coefficient (Wildman–Crippen LogP) is 3.05. The van der Waals surface area contributed by atoms with Gasteiger partial charge in [-0.15, -0.1) is 10.2 Å². The number of amides is 1. The molecule has 3 aromatic rings. The van der Waals surface area contributed by atoms with E-state index in [4.69, 9.17) is 4.52 Å². The number of aryl methyl sites for hydroxylation is 2. The number of hydrogen-bond donors (Lipinski definition) is 1. The Hall–Kier alpha value is -2.95. The Kier molecular flexibility index (Phi) is 6.21. The molecule has 4 heterocycles. The van der Waals surface area contributed by atoms with Gasteiger partial charge in [0, 0.05) is 25.7 Å². The SMILES string of the molecule is Cc1noc(-c2cnc(C)nc2N2CCCC(C(=O)Nc3nnc(CC(C)C)s3)C2)n1. The number of carbonyl (C=O) groups excluding carboxylic acids is 1. The number of anilines is 2. The topological polar surface area (TPSA) is 123 Å². The lowest BCUT2D eigenvalue weighted by molar-refractivity contribution is -0.120.